The molecule has 7 heteroatoms. The van der Waals surface area contributed by atoms with Gasteiger partial charge in [-0.05, 0) is 72.5 Å². The number of β-lactam (4-membered cyclic amide) rings is 1. The third kappa shape index (κ3) is 4.17. The Labute approximate surface area is 177 Å². The SMILES string of the molecule is O=NC(CC[C@@H]1C(=O)N(c2ccc(F)cc2)[C@H]1c1ccc(O)cc1)c1ccc(F)cc1. The van der Waals surface area contributed by atoms with E-state index in [0.717, 1.165) is 5.56 Å². The topological polar surface area (TPSA) is 70.0 Å². The van der Waals surface area contributed by atoms with E-state index in [4.69, 9.17) is 0 Å². The fourth-order valence-electron chi connectivity index (χ4n) is 4.07. The van der Waals surface area contributed by atoms with Crippen molar-refractivity contribution in [3.8, 4) is 5.75 Å². The summed E-state index contributed by atoms with van der Waals surface area (Å²) in [4.78, 5) is 26.0. The van der Waals surface area contributed by atoms with E-state index >= 15 is 0 Å². The number of rotatable bonds is 7. The largest absolute Gasteiger partial charge is 0.508 e. The van der Waals surface area contributed by atoms with Crippen LogP contribution in [0.15, 0.2) is 78.0 Å². The molecule has 3 atom stereocenters. The number of benzene rings is 3. The predicted octanol–water partition coefficient (Wildman–Crippen LogP) is 5.66. The van der Waals surface area contributed by atoms with Gasteiger partial charge < -0.3 is 10.0 Å². The van der Waals surface area contributed by atoms with Gasteiger partial charge in [0.25, 0.3) is 0 Å². The molecule has 1 aliphatic rings. The summed E-state index contributed by atoms with van der Waals surface area (Å²) >= 11 is 0. The Balaban J connectivity index is 1.57. The van der Waals surface area contributed by atoms with Gasteiger partial charge in [0.05, 0.1) is 12.0 Å². The van der Waals surface area contributed by atoms with Crippen molar-refractivity contribution >= 4 is 11.6 Å². The first-order valence-electron chi connectivity index (χ1n) is 9.93. The van der Waals surface area contributed by atoms with Crippen LogP contribution in [0.2, 0.25) is 0 Å². The Bertz CT molecular complexity index is 1070. The molecule has 5 nitrogen and oxygen atoms in total. The second-order valence-electron chi connectivity index (χ2n) is 7.58. The van der Waals surface area contributed by atoms with Crippen LogP contribution in [-0.2, 0) is 4.79 Å². The number of phenolic OH excluding ortho intramolecular Hbond substituents is 1. The zero-order chi connectivity index (χ0) is 22.0. The van der Waals surface area contributed by atoms with Crippen molar-refractivity contribution in [1.82, 2.24) is 0 Å². The highest BCUT2D eigenvalue weighted by Crippen LogP contribution is 2.46. The van der Waals surface area contributed by atoms with Crippen LogP contribution in [0.4, 0.5) is 14.5 Å². The number of nitrogens with zero attached hydrogens (tertiary/aromatic N) is 2. The summed E-state index contributed by atoms with van der Waals surface area (Å²) in [7, 11) is 0. The molecule has 1 heterocycles. The van der Waals surface area contributed by atoms with Crippen LogP contribution in [0, 0.1) is 22.5 Å². The van der Waals surface area contributed by atoms with Crippen LogP contribution in [0.5, 0.6) is 5.75 Å². The van der Waals surface area contributed by atoms with E-state index in [0.29, 0.717) is 24.1 Å². The first kappa shape index (κ1) is 20.7. The number of nitroso groups, excluding NO2 is 1. The number of halogens is 2. The second kappa shape index (κ2) is 8.63. The second-order valence-corrected chi connectivity index (χ2v) is 7.58. The normalized spacial score (nSPS) is 19.0. The predicted molar refractivity (Wildman–Crippen MR) is 112 cm³/mol. The van der Waals surface area contributed by atoms with Gasteiger partial charge in [-0.3, -0.25) is 4.79 Å². The Morgan fingerprint density at radius 3 is 2.06 bits per heavy atom. The van der Waals surface area contributed by atoms with Crippen LogP contribution < -0.4 is 4.90 Å². The summed E-state index contributed by atoms with van der Waals surface area (Å²) in [5, 5.41) is 12.8. The number of carbonyl (C=O) groups is 1. The fraction of sp³-hybridized carbons (Fsp3) is 0.208. The molecule has 0 bridgehead atoms. The van der Waals surface area contributed by atoms with Crippen LogP contribution in [0.25, 0.3) is 0 Å². The zero-order valence-corrected chi connectivity index (χ0v) is 16.5. The van der Waals surface area contributed by atoms with Gasteiger partial charge in [0.15, 0.2) is 0 Å². The average Bonchev–Trinajstić information content (AvgIpc) is 2.78. The average molecular weight is 422 g/mol. The van der Waals surface area contributed by atoms with E-state index in [2.05, 4.69) is 5.18 Å². The molecule has 3 aromatic rings. The molecule has 1 fully saturated rings. The van der Waals surface area contributed by atoms with Crippen molar-refractivity contribution in [2.45, 2.75) is 24.9 Å². The lowest BCUT2D eigenvalue weighted by Crippen LogP contribution is -2.55. The van der Waals surface area contributed by atoms with Crippen molar-refractivity contribution in [1.29, 1.82) is 0 Å². The molecule has 158 valence electrons. The minimum atomic E-state index is -0.686. The van der Waals surface area contributed by atoms with E-state index in [1.165, 1.54) is 36.4 Å². The summed E-state index contributed by atoms with van der Waals surface area (Å²) in [5.41, 5.74) is 1.99. The highest BCUT2D eigenvalue weighted by atomic mass is 19.1. The Morgan fingerprint density at radius 2 is 1.48 bits per heavy atom. The van der Waals surface area contributed by atoms with Crippen molar-refractivity contribution in [3.05, 3.63) is 100 Å². The van der Waals surface area contributed by atoms with E-state index < -0.39 is 23.6 Å². The number of aromatic hydroxyl groups is 1. The standard InChI is InChI=1S/C24H20F2N2O3/c25-17-5-1-15(2-6-17)22(27-31)14-13-21-23(16-3-11-20(29)12-4-16)28(24(21)30)19-9-7-18(26)8-10-19/h1-12,21-23,29H,13-14H2/t21-,22?,23-/m0/s1. The highest BCUT2D eigenvalue weighted by molar-refractivity contribution is 6.03. The number of hydrogen-bond acceptors (Lipinski definition) is 4. The molecule has 3 aromatic carbocycles. The molecule has 0 radical (unpaired) electrons. The van der Waals surface area contributed by atoms with Gasteiger partial charge >= 0.3 is 0 Å². The van der Waals surface area contributed by atoms with E-state index in [1.807, 2.05) is 0 Å². The maximum atomic E-state index is 13.4. The zero-order valence-electron chi connectivity index (χ0n) is 16.5. The molecule has 1 aliphatic heterocycles. The summed E-state index contributed by atoms with van der Waals surface area (Å²) in [5.74, 6) is -1.22. The van der Waals surface area contributed by atoms with E-state index in [-0.39, 0.29) is 17.7 Å². The van der Waals surface area contributed by atoms with Gasteiger partial charge in [0, 0.05) is 5.69 Å². The lowest BCUT2D eigenvalue weighted by atomic mass is 9.78. The summed E-state index contributed by atoms with van der Waals surface area (Å²) in [6, 6.07) is 16.8. The Hall–Kier alpha value is -3.61. The monoisotopic (exact) mass is 422 g/mol. The smallest absolute Gasteiger partial charge is 0.233 e. The maximum absolute atomic E-state index is 13.4. The molecule has 1 unspecified atom stereocenters. The lowest BCUT2D eigenvalue weighted by Gasteiger charge is -2.48. The molecule has 0 aromatic heterocycles. The van der Waals surface area contributed by atoms with Crippen molar-refractivity contribution in [2.24, 2.45) is 11.1 Å². The van der Waals surface area contributed by atoms with Gasteiger partial charge in [0.1, 0.15) is 23.4 Å². The minimum Gasteiger partial charge on any atom is -0.508 e. The minimum absolute atomic E-state index is 0.112. The summed E-state index contributed by atoms with van der Waals surface area (Å²) < 4.78 is 26.5. The van der Waals surface area contributed by atoms with Gasteiger partial charge in [-0.1, -0.05) is 29.4 Å². The number of hydrogen-bond donors (Lipinski definition) is 1. The van der Waals surface area contributed by atoms with Crippen molar-refractivity contribution in [2.75, 3.05) is 4.90 Å². The van der Waals surface area contributed by atoms with Gasteiger partial charge in [-0.2, -0.15) is 4.91 Å². The number of carbonyl (C=O) groups excluding carboxylic acids is 1. The molecule has 4 rings (SSSR count). The first-order valence-corrected chi connectivity index (χ1v) is 9.93. The lowest BCUT2D eigenvalue weighted by molar-refractivity contribution is -0.130. The molecule has 31 heavy (non-hydrogen) atoms. The molecule has 1 saturated heterocycles. The number of anilines is 1. The fourth-order valence-corrected chi connectivity index (χ4v) is 4.07. The van der Waals surface area contributed by atoms with Gasteiger partial charge in [-0.15, -0.1) is 0 Å². The van der Waals surface area contributed by atoms with E-state index in [1.54, 1.807) is 41.3 Å². The Kier molecular flexibility index (Phi) is 5.75. The highest BCUT2D eigenvalue weighted by Gasteiger charge is 2.48. The van der Waals surface area contributed by atoms with Gasteiger partial charge in [0.2, 0.25) is 5.91 Å². The van der Waals surface area contributed by atoms with Crippen LogP contribution >= 0.6 is 0 Å². The summed E-state index contributed by atoms with van der Waals surface area (Å²) in [6.07, 6.45) is 0.729. The molecule has 0 aliphatic carbocycles. The quantitative estimate of drug-likeness (QED) is 0.394. The molecule has 1 amide bonds. The Morgan fingerprint density at radius 1 is 0.903 bits per heavy atom. The maximum Gasteiger partial charge on any atom is 0.233 e. The van der Waals surface area contributed by atoms with Crippen molar-refractivity contribution < 1.29 is 18.7 Å². The van der Waals surface area contributed by atoms with Crippen LogP contribution in [0.1, 0.15) is 36.1 Å². The first-order chi connectivity index (χ1) is 15.0. The van der Waals surface area contributed by atoms with Gasteiger partial charge in [-0.25, -0.2) is 8.78 Å². The molecule has 0 saturated carbocycles. The molecular weight excluding hydrogens is 402 g/mol. The third-order valence-electron chi connectivity index (χ3n) is 5.69. The number of phenols is 1. The van der Waals surface area contributed by atoms with Crippen molar-refractivity contribution in [3.63, 3.8) is 0 Å². The molecule has 0 spiro atoms. The summed E-state index contributed by atoms with van der Waals surface area (Å²) in [6.45, 7) is 0. The molecule has 1 N–H and O–H groups in total. The van der Waals surface area contributed by atoms with E-state index in [9.17, 15) is 23.6 Å². The van der Waals surface area contributed by atoms with Crippen LogP contribution in [-0.4, -0.2) is 11.0 Å². The third-order valence-corrected chi connectivity index (χ3v) is 5.69. The molecular formula is C24H20F2N2O3. The number of amides is 1. The van der Waals surface area contributed by atoms with Crippen LogP contribution in [0.3, 0.4) is 0 Å².